The number of hydrogen-bond donors (Lipinski definition) is 2. The first kappa shape index (κ1) is 14.5. The summed E-state index contributed by atoms with van der Waals surface area (Å²) in [6.07, 6.45) is 1.42. The predicted octanol–water partition coefficient (Wildman–Crippen LogP) is 2.57. The smallest absolute Gasteiger partial charge is 0.262 e. The third-order valence-electron chi connectivity index (χ3n) is 2.61. The van der Waals surface area contributed by atoms with Gasteiger partial charge in [0.25, 0.3) is 10.0 Å². The van der Waals surface area contributed by atoms with Crippen molar-refractivity contribution in [3.05, 3.63) is 47.0 Å². The predicted molar refractivity (Wildman–Crippen MR) is 75.6 cm³/mol. The molecule has 1 heterocycles. The van der Waals surface area contributed by atoms with Gasteiger partial charge in [-0.2, -0.15) is 0 Å². The van der Waals surface area contributed by atoms with Crippen molar-refractivity contribution >= 4 is 33.0 Å². The molecule has 1 aromatic carbocycles. The minimum Gasteiger partial charge on any atom is -0.399 e. The third-order valence-corrected chi connectivity index (χ3v) is 4.40. The summed E-state index contributed by atoms with van der Waals surface area (Å²) in [6.45, 7) is 1.36. The fraction of sp³-hybridized carbons (Fsp3) is 0.0833. The Morgan fingerprint density at radius 3 is 2.75 bits per heavy atom. The number of nitrogen functional groups attached to an aromatic ring is 1. The van der Waals surface area contributed by atoms with E-state index < -0.39 is 15.8 Å². The second-order valence-corrected chi connectivity index (χ2v) is 6.08. The SMILES string of the molecule is Cc1c(F)cc(N)cc1S(=O)(=O)Nc1cccnc1Cl. The standard InChI is InChI=1S/C12H11ClFN3O2S/c1-7-9(14)5-8(15)6-11(7)20(18,19)17-10-3-2-4-16-12(10)13/h2-6,17H,15H2,1H3. The van der Waals surface area contributed by atoms with Crippen LogP contribution in [0.5, 0.6) is 0 Å². The first-order chi connectivity index (χ1) is 9.31. The summed E-state index contributed by atoms with van der Waals surface area (Å²) >= 11 is 5.78. The summed E-state index contributed by atoms with van der Waals surface area (Å²) in [6, 6.07) is 5.22. The van der Waals surface area contributed by atoms with Gasteiger partial charge < -0.3 is 5.73 Å². The van der Waals surface area contributed by atoms with Crippen molar-refractivity contribution in [1.82, 2.24) is 4.98 Å². The van der Waals surface area contributed by atoms with E-state index in [1.54, 1.807) is 0 Å². The van der Waals surface area contributed by atoms with Gasteiger partial charge in [-0.15, -0.1) is 0 Å². The molecular weight excluding hydrogens is 305 g/mol. The number of benzene rings is 1. The summed E-state index contributed by atoms with van der Waals surface area (Å²) in [4.78, 5) is 3.51. The van der Waals surface area contributed by atoms with E-state index in [-0.39, 0.29) is 27.0 Å². The van der Waals surface area contributed by atoms with Crippen LogP contribution in [0, 0.1) is 12.7 Å². The fourth-order valence-corrected chi connectivity index (χ4v) is 3.19. The van der Waals surface area contributed by atoms with Crippen LogP contribution in [0.3, 0.4) is 0 Å². The molecule has 3 N–H and O–H groups in total. The molecule has 20 heavy (non-hydrogen) atoms. The van der Waals surface area contributed by atoms with E-state index in [2.05, 4.69) is 9.71 Å². The third kappa shape index (κ3) is 2.83. The van der Waals surface area contributed by atoms with Crippen molar-refractivity contribution in [2.45, 2.75) is 11.8 Å². The van der Waals surface area contributed by atoms with Crippen molar-refractivity contribution in [3.63, 3.8) is 0 Å². The summed E-state index contributed by atoms with van der Waals surface area (Å²) in [5.41, 5.74) is 5.58. The number of nitrogens with zero attached hydrogens (tertiary/aromatic N) is 1. The van der Waals surface area contributed by atoms with Crippen LogP contribution in [0.1, 0.15) is 5.56 Å². The molecule has 0 aliphatic heterocycles. The molecule has 0 aliphatic rings. The van der Waals surface area contributed by atoms with Crippen molar-refractivity contribution < 1.29 is 12.8 Å². The second kappa shape index (κ2) is 5.26. The van der Waals surface area contributed by atoms with Gasteiger partial charge in [0, 0.05) is 17.4 Å². The largest absolute Gasteiger partial charge is 0.399 e. The van der Waals surface area contributed by atoms with Crippen LogP contribution in [0.15, 0.2) is 35.4 Å². The summed E-state index contributed by atoms with van der Waals surface area (Å²) in [7, 11) is -4.01. The van der Waals surface area contributed by atoms with Gasteiger partial charge in [0.05, 0.1) is 10.6 Å². The van der Waals surface area contributed by atoms with Gasteiger partial charge >= 0.3 is 0 Å². The normalized spacial score (nSPS) is 11.3. The number of halogens is 2. The zero-order valence-corrected chi connectivity index (χ0v) is 12.0. The first-order valence-corrected chi connectivity index (χ1v) is 7.36. The van der Waals surface area contributed by atoms with Crippen LogP contribution >= 0.6 is 11.6 Å². The lowest BCUT2D eigenvalue weighted by molar-refractivity contribution is 0.591. The molecule has 5 nitrogen and oxygen atoms in total. The lowest BCUT2D eigenvalue weighted by Crippen LogP contribution is -2.16. The number of hydrogen-bond acceptors (Lipinski definition) is 4. The van der Waals surface area contributed by atoms with Crippen LogP contribution < -0.4 is 10.5 Å². The highest BCUT2D eigenvalue weighted by Crippen LogP contribution is 2.26. The molecule has 0 amide bonds. The molecule has 0 unspecified atom stereocenters. The van der Waals surface area contributed by atoms with Crippen LogP contribution in [-0.4, -0.2) is 13.4 Å². The topological polar surface area (TPSA) is 85.1 Å². The van der Waals surface area contributed by atoms with Gasteiger partial charge in [-0.3, -0.25) is 4.72 Å². The summed E-state index contributed by atoms with van der Waals surface area (Å²) in [5, 5.41) is -0.00176. The maximum atomic E-state index is 13.6. The molecule has 0 radical (unpaired) electrons. The Labute approximate surface area is 120 Å². The maximum Gasteiger partial charge on any atom is 0.262 e. The Morgan fingerprint density at radius 2 is 2.10 bits per heavy atom. The summed E-state index contributed by atoms with van der Waals surface area (Å²) < 4.78 is 40.4. The number of sulfonamides is 1. The maximum absolute atomic E-state index is 13.6. The molecule has 0 spiro atoms. The minimum atomic E-state index is -4.01. The highest BCUT2D eigenvalue weighted by molar-refractivity contribution is 7.92. The van der Waals surface area contributed by atoms with Crippen LogP contribution in [0.2, 0.25) is 5.15 Å². The van der Waals surface area contributed by atoms with E-state index in [1.807, 2.05) is 0 Å². The average Bonchev–Trinajstić information content (AvgIpc) is 2.36. The number of pyridine rings is 1. The number of nitrogens with one attached hydrogen (secondary N) is 1. The van der Waals surface area contributed by atoms with Gasteiger partial charge in [0.2, 0.25) is 0 Å². The van der Waals surface area contributed by atoms with Crippen LogP contribution in [0.25, 0.3) is 0 Å². The van der Waals surface area contributed by atoms with Crippen LogP contribution in [0.4, 0.5) is 15.8 Å². The first-order valence-electron chi connectivity index (χ1n) is 5.50. The van der Waals surface area contributed by atoms with E-state index >= 15 is 0 Å². The van der Waals surface area contributed by atoms with Crippen molar-refractivity contribution in [1.29, 1.82) is 0 Å². The molecule has 1 aromatic heterocycles. The molecule has 0 fully saturated rings. The Kier molecular flexibility index (Phi) is 3.82. The second-order valence-electron chi connectivity index (χ2n) is 4.07. The van der Waals surface area contributed by atoms with Crippen molar-refractivity contribution in [2.24, 2.45) is 0 Å². The molecule has 0 atom stereocenters. The summed E-state index contributed by atoms with van der Waals surface area (Å²) in [5.74, 6) is -0.692. The van der Waals surface area contributed by atoms with Crippen molar-refractivity contribution in [3.8, 4) is 0 Å². The number of nitrogens with two attached hydrogens (primary N) is 1. The highest BCUT2D eigenvalue weighted by atomic mass is 35.5. The Hall–Kier alpha value is -1.86. The van der Waals surface area contributed by atoms with Crippen LogP contribution in [-0.2, 0) is 10.0 Å². The Morgan fingerprint density at radius 1 is 1.40 bits per heavy atom. The van der Waals surface area contributed by atoms with Crippen molar-refractivity contribution in [2.75, 3.05) is 10.5 Å². The molecule has 2 rings (SSSR count). The molecule has 8 heteroatoms. The number of aromatic nitrogens is 1. The van der Waals surface area contributed by atoms with Gasteiger partial charge in [-0.1, -0.05) is 11.6 Å². The van der Waals surface area contributed by atoms with Gasteiger partial charge in [-0.25, -0.2) is 17.8 Å². The zero-order valence-electron chi connectivity index (χ0n) is 10.4. The lowest BCUT2D eigenvalue weighted by Gasteiger charge is -2.12. The molecule has 0 saturated carbocycles. The quantitative estimate of drug-likeness (QED) is 0.673. The van der Waals surface area contributed by atoms with E-state index in [0.29, 0.717) is 0 Å². The highest BCUT2D eigenvalue weighted by Gasteiger charge is 2.21. The van der Waals surface area contributed by atoms with Gasteiger partial charge in [0.15, 0.2) is 5.15 Å². The zero-order chi connectivity index (χ0) is 14.9. The molecule has 0 saturated heterocycles. The minimum absolute atomic E-state index is 0.00176. The molecule has 106 valence electrons. The monoisotopic (exact) mass is 315 g/mol. The molecule has 2 aromatic rings. The van der Waals surface area contributed by atoms with E-state index in [9.17, 15) is 12.8 Å². The number of anilines is 2. The van der Waals surface area contributed by atoms with Gasteiger partial charge in [-0.05, 0) is 31.2 Å². The fourth-order valence-electron chi connectivity index (χ4n) is 1.61. The lowest BCUT2D eigenvalue weighted by atomic mass is 10.2. The Bertz CT molecular complexity index is 765. The van der Waals surface area contributed by atoms with E-state index in [4.69, 9.17) is 17.3 Å². The Balaban J connectivity index is 2.49. The molecule has 0 aliphatic carbocycles. The van der Waals surface area contributed by atoms with Gasteiger partial charge in [0.1, 0.15) is 5.82 Å². The average molecular weight is 316 g/mol. The van der Waals surface area contributed by atoms with E-state index in [0.717, 1.165) is 6.07 Å². The molecule has 0 bridgehead atoms. The number of rotatable bonds is 3. The molecular formula is C12H11ClFN3O2S. The van der Waals surface area contributed by atoms with E-state index in [1.165, 1.54) is 31.3 Å².